The van der Waals surface area contributed by atoms with Crippen LogP contribution in [0.25, 0.3) is 0 Å². The predicted molar refractivity (Wildman–Crippen MR) is 109 cm³/mol. The molecule has 7 heteroatoms. The number of rotatable bonds is 7. The van der Waals surface area contributed by atoms with E-state index >= 15 is 0 Å². The lowest BCUT2D eigenvalue weighted by Crippen LogP contribution is -2.45. The van der Waals surface area contributed by atoms with E-state index in [9.17, 15) is 4.79 Å². The molecule has 0 saturated carbocycles. The Hall–Kier alpha value is -2.77. The Morgan fingerprint density at radius 3 is 2.31 bits per heavy atom. The van der Waals surface area contributed by atoms with E-state index in [4.69, 9.17) is 23.7 Å². The van der Waals surface area contributed by atoms with E-state index < -0.39 is 11.7 Å². The lowest BCUT2D eigenvalue weighted by atomic mass is 9.90. The molecule has 0 spiro atoms. The van der Waals surface area contributed by atoms with E-state index in [1.165, 1.54) is 0 Å². The number of hydrogen-bond acceptors (Lipinski definition) is 6. The van der Waals surface area contributed by atoms with Crippen LogP contribution in [0.1, 0.15) is 25.7 Å². The molecule has 1 aliphatic heterocycles. The zero-order valence-electron chi connectivity index (χ0n) is 17.2. The van der Waals surface area contributed by atoms with Crippen LogP contribution in [0.15, 0.2) is 42.5 Å². The largest absolute Gasteiger partial charge is 0.494 e. The first kappa shape index (κ1) is 21.0. The van der Waals surface area contributed by atoms with Crippen molar-refractivity contribution < 1.29 is 28.5 Å². The maximum absolute atomic E-state index is 12.8. The van der Waals surface area contributed by atoms with Crippen LogP contribution >= 0.6 is 0 Å². The highest BCUT2D eigenvalue weighted by molar-refractivity contribution is 5.95. The van der Waals surface area contributed by atoms with Crippen molar-refractivity contribution in [3.05, 3.63) is 48.0 Å². The SMILES string of the molecule is CCOc1ccc(NC(=O)C2(C)COC(c3ccc(OC)c(OC)c3)OC2)cc1. The molecule has 0 atom stereocenters. The molecule has 3 rings (SSSR count). The summed E-state index contributed by atoms with van der Waals surface area (Å²) in [6.45, 7) is 4.81. The fourth-order valence-electron chi connectivity index (χ4n) is 3.02. The molecular weight excluding hydrogens is 374 g/mol. The number of carbonyl (C=O) groups is 1. The summed E-state index contributed by atoms with van der Waals surface area (Å²) in [5, 5.41) is 2.92. The van der Waals surface area contributed by atoms with Crippen LogP contribution in [0.5, 0.6) is 17.2 Å². The van der Waals surface area contributed by atoms with Crippen LogP contribution in [0.3, 0.4) is 0 Å². The average Bonchev–Trinajstić information content (AvgIpc) is 2.75. The summed E-state index contributed by atoms with van der Waals surface area (Å²) in [4.78, 5) is 12.8. The normalized spacial score (nSPS) is 21.3. The highest BCUT2D eigenvalue weighted by Crippen LogP contribution is 2.36. The van der Waals surface area contributed by atoms with Gasteiger partial charge in [0.25, 0.3) is 0 Å². The highest BCUT2D eigenvalue weighted by Gasteiger charge is 2.40. The van der Waals surface area contributed by atoms with Gasteiger partial charge in [0.1, 0.15) is 5.75 Å². The molecule has 2 aromatic rings. The molecular formula is C22H27NO6. The number of ether oxygens (including phenoxy) is 5. The van der Waals surface area contributed by atoms with Crippen LogP contribution in [0.2, 0.25) is 0 Å². The van der Waals surface area contributed by atoms with Crippen molar-refractivity contribution in [3.63, 3.8) is 0 Å². The van der Waals surface area contributed by atoms with Gasteiger partial charge < -0.3 is 29.0 Å². The fraction of sp³-hybridized carbons (Fsp3) is 0.409. The molecule has 156 valence electrons. The van der Waals surface area contributed by atoms with Gasteiger partial charge in [-0.25, -0.2) is 0 Å². The average molecular weight is 401 g/mol. The number of hydrogen-bond donors (Lipinski definition) is 1. The van der Waals surface area contributed by atoms with Crippen LogP contribution in [-0.4, -0.2) is 39.9 Å². The number of amides is 1. The molecule has 1 amide bonds. The molecule has 0 aliphatic carbocycles. The number of anilines is 1. The van der Waals surface area contributed by atoms with E-state index in [1.54, 1.807) is 20.3 Å². The third-order valence-electron chi connectivity index (χ3n) is 4.76. The topological polar surface area (TPSA) is 75.3 Å². The second-order valence-corrected chi connectivity index (χ2v) is 7.04. The molecule has 0 bridgehead atoms. The smallest absolute Gasteiger partial charge is 0.234 e. The molecule has 1 heterocycles. The van der Waals surface area contributed by atoms with E-state index in [-0.39, 0.29) is 19.1 Å². The third-order valence-corrected chi connectivity index (χ3v) is 4.76. The first-order valence-corrected chi connectivity index (χ1v) is 9.48. The second-order valence-electron chi connectivity index (χ2n) is 7.04. The highest BCUT2D eigenvalue weighted by atomic mass is 16.7. The van der Waals surface area contributed by atoms with E-state index in [2.05, 4.69) is 5.32 Å². The molecule has 1 N–H and O–H groups in total. The van der Waals surface area contributed by atoms with Gasteiger partial charge in [-0.15, -0.1) is 0 Å². The zero-order chi connectivity index (χ0) is 20.9. The monoisotopic (exact) mass is 401 g/mol. The minimum absolute atomic E-state index is 0.160. The number of benzene rings is 2. The summed E-state index contributed by atoms with van der Waals surface area (Å²) in [5.74, 6) is 1.83. The van der Waals surface area contributed by atoms with Gasteiger partial charge in [0.05, 0.1) is 39.5 Å². The van der Waals surface area contributed by atoms with Gasteiger partial charge in [-0.1, -0.05) is 6.07 Å². The van der Waals surface area contributed by atoms with E-state index in [1.807, 2.05) is 50.2 Å². The minimum Gasteiger partial charge on any atom is -0.494 e. The van der Waals surface area contributed by atoms with Crippen molar-refractivity contribution in [1.82, 2.24) is 0 Å². The molecule has 1 aliphatic rings. The van der Waals surface area contributed by atoms with Gasteiger partial charge in [-0.3, -0.25) is 4.79 Å². The quantitative estimate of drug-likeness (QED) is 0.761. The maximum Gasteiger partial charge on any atom is 0.234 e. The zero-order valence-corrected chi connectivity index (χ0v) is 17.2. The first-order chi connectivity index (χ1) is 14.0. The van der Waals surface area contributed by atoms with Crippen LogP contribution in [0, 0.1) is 5.41 Å². The summed E-state index contributed by atoms with van der Waals surface area (Å²) in [5.41, 5.74) is 0.698. The van der Waals surface area contributed by atoms with Crippen LogP contribution in [-0.2, 0) is 14.3 Å². The molecule has 1 fully saturated rings. The van der Waals surface area contributed by atoms with Gasteiger partial charge in [0, 0.05) is 11.3 Å². The van der Waals surface area contributed by atoms with Crippen molar-refractivity contribution >= 4 is 11.6 Å². The fourth-order valence-corrected chi connectivity index (χ4v) is 3.02. The Labute approximate surface area is 170 Å². The molecule has 0 radical (unpaired) electrons. The summed E-state index contributed by atoms with van der Waals surface area (Å²) in [7, 11) is 3.16. The summed E-state index contributed by atoms with van der Waals surface area (Å²) >= 11 is 0. The Morgan fingerprint density at radius 1 is 1.07 bits per heavy atom. The second kappa shape index (κ2) is 9.15. The minimum atomic E-state index is -0.800. The predicted octanol–water partition coefficient (Wildman–Crippen LogP) is 3.79. The maximum atomic E-state index is 12.8. The summed E-state index contributed by atoms with van der Waals surface area (Å²) < 4.78 is 27.7. The van der Waals surface area contributed by atoms with Gasteiger partial charge >= 0.3 is 0 Å². The van der Waals surface area contributed by atoms with E-state index in [0.29, 0.717) is 23.8 Å². The van der Waals surface area contributed by atoms with Crippen LogP contribution < -0.4 is 19.5 Å². The van der Waals surface area contributed by atoms with Gasteiger partial charge in [-0.2, -0.15) is 0 Å². The molecule has 2 aromatic carbocycles. The first-order valence-electron chi connectivity index (χ1n) is 9.48. The number of carbonyl (C=O) groups excluding carboxylic acids is 1. The Bertz CT molecular complexity index is 828. The lowest BCUT2D eigenvalue weighted by Gasteiger charge is -2.36. The standard InChI is InChI=1S/C22H27NO6/c1-5-27-17-9-7-16(8-10-17)23-21(24)22(2)13-28-20(29-14-22)15-6-11-18(25-3)19(12-15)26-4/h6-12,20H,5,13-14H2,1-4H3,(H,23,24). The molecule has 0 unspecified atom stereocenters. The summed E-state index contributed by atoms with van der Waals surface area (Å²) in [6.07, 6.45) is -0.568. The van der Waals surface area contributed by atoms with Crippen molar-refractivity contribution in [2.45, 2.75) is 20.1 Å². The van der Waals surface area contributed by atoms with Gasteiger partial charge in [-0.05, 0) is 50.2 Å². The lowest BCUT2D eigenvalue weighted by molar-refractivity contribution is -0.226. The number of nitrogens with one attached hydrogen (secondary N) is 1. The Morgan fingerprint density at radius 2 is 1.72 bits per heavy atom. The summed E-state index contributed by atoms with van der Waals surface area (Å²) in [6, 6.07) is 12.7. The molecule has 0 aromatic heterocycles. The van der Waals surface area contributed by atoms with E-state index in [0.717, 1.165) is 11.3 Å². The molecule has 1 saturated heterocycles. The third kappa shape index (κ3) is 4.81. The van der Waals surface area contributed by atoms with Crippen molar-refractivity contribution in [2.75, 3.05) is 39.4 Å². The Balaban J connectivity index is 1.61. The van der Waals surface area contributed by atoms with Gasteiger partial charge in [0.2, 0.25) is 5.91 Å². The molecule has 29 heavy (non-hydrogen) atoms. The van der Waals surface area contributed by atoms with Crippen molar-refractivity contribution in [1.29, 1.82) is 0 Å². The van der Waals surface area contributed by atoms with Crippen LogP contribution in [0.4, 0.5) is 5.69 Å². The van der Waals surface area contributed by atoms with Crippen molar-refractivity contribution in [3.8, 4) is 17.2 Å². The Kier molecular flexibility index (Phi) is 6.61. The number of methoxy groups -OCH3 is 2. The van der Waals surface area contributed by atoms with Crippen molar-refractivity contribution in [2.24, 2.45) is 5.41 Å². The molecule has 7 nitrogen and oxygen atoms in total. The van der Waals surface area contributed by atoms with Gasteiger partial charge in [0.15, 0.2) is 17.8 Å².